The molecule has 0 saturated carbocycles. The van der Waals surface area contributed by atoms with Gasteiger partial charge in [0, 0.05) is 38.0 Å². The zero-order valence-electron chi connectivity index (χ0n) is 12.7. The topological polar surface area (TPSA) is 112 Å². The fourth-order valence-corrected chi connectivity index (χ4v) is 2.96. The van der Waals surface area contributed by atoms with Crippen LogP contribution >= 0.6 is 0 Å². The van der Waals surface area contributed by atoms with Crippen LogP contribution in [0.3, 0.4) is 0 Å². The van der Waals surface area contributed by atoms with Crippen LogP contribution in [-0.2, 0) is 27.7 Å². The molecule has 9 heteroatoms. The molecule has 0 radical (unpaired) electrons. The van der Waals surface area contributed by atoms with Crippen LogP contribution in [0, 0.1) is 6.92 Å². The summed E-state index contributed by atoms with van der Waals surface area (Å²) in [5.41, 5.74) is 1.23. The predicted octanol–water partition coefficient (Wildman–Crippen LogP) is -1.06. The number of nitrogens with zero attached hydrogens (tertiary/aromatic N) is 2. The molecule has 0 fully saturated rings. The third kappa shape index (κ3) is 4.38. The molecule has 0 unspecified atom stereocenters. The van der Waals surface area contributed by atoms with Crippen molar-refractivity contribution in [1.82, 2.24) is 19.6 Å². The van der Waals surface area contributed by atoms with Gasteiger partial charge in [-0.1, -0.05) is 0 Å². The van der Waals surface area contributed by atoms with Crippen molar-refractivity contribution in [3.8, 4) is 0 Å². The summed E-state index contributed by atoms with van der Waals surface area (Å²) >= 11 is 0. The number of nitrogens with one attached hydrogen (secondary N) is 2. The van der Waals surface area contributed by atoms with Crippen molar-refractivity contribution < 1.29 is 13.2 Å². The first kappa shape index (κ1) is 16.6. The summed E-state index contributed by atoms with van der Waals surface area (Å²) in [5.74, 6) is 0.443. The lowest BCUT2D eigenvalue weighted by Crippen LogP contribution is -2.36. The first-order valence-corrected chi connectivity index (χ1v) is 8.96. The Hall–Kier alpha value is -1.74. The van der Waals surface area contributed by atoms with E-state index in [4.69, 9.17) is 0 Å². The lowest BCUT2D eigenvalue weighted by molar-refractivity contribution is -0.130. The highest BCUT2D eigenvalue weighted by molar-refractivity contribution is 7.88. The molecule has 2 heterocycles. The molecule has 0 spiro atoms. The second-order valence-corrected chi connectivity index (χ2v) is 7.21. The molecule has 22 heavy (non-hydrogen) atoms. The standard InChI is InChI=1S/C13H20N4O4S/c1-9-15-11-5-8-17(7-4-10(11)13(19)16-9)12(18)3-6-14-22(2,20)21/h14H,3-8H2,1-2H3,(H,15,16,19). The number of fused-ring (bicyclic) bond motifs is 1. The van der Waals surface area contributed by atoms with E-state index in [0.29, 0.717) is 37.3 Å². The van der Waals surface area contributed by atoms with Crippen LogP contribution in [0.4, 0.5) is 0 Å². The van der Waals surface area contributed by atoms with E-state index < -0.39 is 10.0 Å². The van der Waals surface area contributed by atoms with Crippen LogP contribution < -0.4 is 10.3 Å². The number of aromatic amines is 1. The van der Waals surface area contributed by atoms with Crippen molar-refractivity contribution in [1.29, 1.82) is 0 Å². The van der Waals surface area contributed by atoms with Gasteiger partial charge in [0.2, 0.25) is 15.9 Å². The van der Waals surface area contributed by atoms with Gasteiger partial charge in [0.05, 0.1) is 11.9 Å². The average molecular weight is 328 g/mol. The number of aryl methyl sites for hydroxylation is 1. The van der Waals surface area contributed by atoms with E-state index >= 15 is 0 Å². The fourth-order valence-electron chi connectivity index (χ4n) is 2.48. The Kier molecular flexibility index (Phi) is 4.97. The maximum atomic E-state index is 12.1. The third-order valence-corrected chi connectivity index (χ3v) is 4.25. The van der Waals surface area contributed by atoms with Crippen molar-refractivity contribution in [2.45, 2.75) is 26.2 Å². The summed E-state index contributed by atoms with van der Waals surface area (Å²) < 4.78 is 24.3. The van der Waals surface area contributed by atoms with Crippen molar-refractivity contribution in [3.05, 3.63) is 27.4 Å². The van der Waals surface area contributed by atoms with Gasteiger partial charge in [-0.15, -0.1) is 0 Å². The van der Waals surface area contributed by atoms with E-state index in [-0.39, 0.29) is 24.4 Å². The summed E-state index contributed by atoms with van der Waals surface area (Å²) in [6, 6.07) is 0. The van der Waals surface area contributed by atoms with E-state index in [1.54, 1.807) is 11.8 Å². The Morgan fingerprint density at radius 1 is 1.36 bits per heavy atom. The third-order valence-electron chi connectivity index (χ3n) is 3.53. The lowest BCUT2D eigenvalue weighted by atomic mass is 10.1. The number of hydrogen-bond acceptors (Lipinski definition) is 5. The number of H-pyrrole nitrogens is 1. The summed E-state index contributed by atoms with van der Waals surface area (Å²) in [7, 11) is -3.29. The first-order chi connectivity index (χ1) is 10.3. The number of carbonyl (C=O) groups is 1. The average Bonchev–Trinajstić information content (AvgIpc) is 2.59. The second-order valence-electron chi connectivity index (χ2n) is 5.37. The Balaban J connectivity index is 1.98. The molecule has 1 aliphatic rings. The molecule has 122 valence electrons. The van der Waals surface area contributed by atoms with Crippen LogP contribution in [0.5, 0.6) is 0 Å². The molecule has 2 N–H and O–H groups in total. The molecular weight excluding hydrogens is 308 g/mol. The van der Waals surface area contributed by atoms with Gasteiger partial charge >= 0.3 is 0 Å². The molecule has 8 nitrogen and oxygen atoms in total. The molecule has 0 atom stereocenters. The SMILES string of the molecule is Cc1nc2c(c(=O)[nH]1)CCN(C(=O)CCNS(C)(=O)=O)CC2. The lowest BCUT2D eigenvalue weighted by Gasteiger charge is -2.20. The molecule has 2 rings (SSSR count). The Bertz CT molecular complexity index is 726. The highest BCUT2D eigenvalue weighted by Crippen LogP contribution is 2.11. The number of aromatic nitrogens is 2. The number of carbonyl (C=O) groups excluding carboxylic acids is 1. The Labute approximate surface area is 129 Å². The largest absolute Gasteiger partial charge is 0.342 e. The maximum Gasteiger partial charge on any atom is 0.254 e. The van der Waals surface area contributed by atoms with Crippen LogP contribution in [-0.4, -0.2) is 55.1 Å². The number of amides is 1. The zero-order valence-corrected chi connectivity index (χ0v) is 13.5. The minimum atomic E-state index is -3.29. The van der Waals surface area contributed by atoms with Gasteiger partial charge in [-0.2, -0.15) is 0 Å². The van der Waals surface area contributed by atoms with E-state index in [1.165, 1.54) is 0 Å². The van der Waals surface area contributed by atoms with Gasteiger partial charge in [-0.05, 0) is 13.3 Å². The van der Waals surface area contributed by atoms with Crippen molar-refractivity contribution in [3.63, 3.8) is 0 Å². The van der Waals surface area contributed by atoms with E-state index in [2.05, 4.69) is 14.7 Å². The van der Waals surface area contributed by atoms with Crippen LogP contribution in [0.15, 0.2) is 4.79 Å². The molecule has 0 aliphatic carbocycles. The number of sulfonamides is 1. The maximum absolute atomic E-state index is 12.1. The molecule has 1 aromatic heterocycles. The first-order valence-electron chi connectivity index (χ1n) is 7.07. The molecule has 0 aromatic carbocycles. The minimum absolute atomic E-state index is 0.0824. The van der Waals surface area contributed by atoms with Gasteiger partial charge in [0.1, 0.15) is 5.82 Å². The molecule has 1 aliphatic heterocycles. The van der Waals surface area contributed by atoms with E-state index in [0.717, 1.165) is 11.9 Å². The van der Waals surface area contributed by atoms with Gasteiger partial charge in [0.25, 0.3) is 5.56 Å². The van der Waals surface area contributed by atoms with Crippen molar-refractivity contribution in [2.24, 2.45) is 0 Å². The Morgan fingerprint density at radius 3 is 2.73 bits per heavy atom. The van der Waals surface area contributed by atoms with E-state index in [9.17, 15) is 18.0 Å². The predicted molar refractivity (Wildman–Crippen MR) is 81.0 cm³/mol. The normalized spacial score (nSPS) is 15.3. The molecule has 1 amide bonds. The highest BCUT2D eigenvalue weighted by Gasteiger charge is 2.21. The second kappa shape index (κ2) is 6.57. The summed E-state index contributed by atoms with van der Waals surface area (Å²) in [5, 5.41) is 0. The smallest absolute Gasteiger partial charge is 0.254 e. The highest BCUT2D eigenvalue weighted by atomic mass is 32.2. The minimum Gasteiger partial charge on any atom is -0.342 e. The van der Waals surface area contributed by atoms with E-state index in [1.807, 2.05) is 0 Å². The summed E-state index contributed by atoms with van der Waals surface area (Å²) in [4.78, 5) is 32.7. The molecule has 0 bridgehead atoms. The molecule has 0 saturated heterocycles. The molecular formula is C13H20N4O4S. The van der Waals surface area contributed by atoms with Gasteiger partial charge in [0.15, 0.2) is 0 Å². The summed E-state index contributed by atoms with van der Waals surface area (Å²) in [6.45, 7) is 2.74. The van der Waals surface area contributed by atoms with Crippen LogP contribution in [0.2, 0.25) is 0 Å². The summed E-state index contributed by atoms with van der Waals surface area (Å²) in [6.07, 6.45) is 2.15. The fraction of sp³-hybridized carbons (Fsp3) is 0.615. The number of hydrogen-bond donors (Lipinski definition) is 2. The number of rotatable bonds is 4. The monoisotopic (exact) mass is 328 g/mol. The zero-order chi connectivity index (χ0) is 16.3. The Morgan fingerprint density at radius 2 is 2.05 bits per heavy atom. The van der Waals surface area contributed by atoms with Gasteiger partial charge in [-0.25, -0.2) is 18.1 Å². The quantitative estimate of drug-likeness (QED) is 0.732. The van der Waals surface area contributed by atoms with Crippen molar-refractivity contribution in [2.75, 3.05) is 25.9 Å². The van der Waals surface area contributed by atoms with Crippen LogP contribution in [0.1, 0.15) is 23.5 Å². The molecule has 1 aromatic rings. The van der Waals surface area contributed by atoms with Crippen molar-refractivity contribution >= 4 is 15.9 Å². The van der Waals surface area contributed by atoms with Gasteiger partial charge < -0.3 is 9.88 Å². The van der Waals surface area contributed by atoms with Crippen LogP contribution in [0.25, 0.3) is 0 Å². The van der Waals surface area contributed by atoms with Gasteiger partial charge in [-0.3, -0.25) is 9.59 Å².